The number of aromatic nitrogens is 2. The van der Waals surface area contributed by atoms with E-state index in [0.29, 0.717) is 23.6 Å². The molecule has 0 unspecified atom stereocenters. The lowest BCUT2D eigenvalue weighted by Gasteiger charge is -2.08. The normalized spacial score (nSPS) is 10.4. The van der Waals surface area contributed by atoms with Crippen molar-refractivity contribution in [1.82, 2.24) is 9.55 Å². The van der Waals surface area contributed by atoms with Crippen molar-refractivity contribution in [1.29, 1.82) is 0 Å². The zero-order valence-corrected chi connectivity index (χ0v) is 14.6. The molecular formula is C19H18N2O3S. The number of ether oxygens (including phenoxy) is 2. The van der Waals surface area contributed by atoms with Crippen molar-refractivity contribution >= 4 is 18.2 Å². The van der Waals surface area contributed by atoms with E-state index < -0.39 is 5.97 Å². The highest BCUT2D eigenvalue weighted by Gasteiger charge is 2.09. The maximum Gasteiger partial charge on any atom is 0.356 e. The Hall–Kier alpha value is -2.86. The molecule has 3 aromatic rings. The molecule has 0 aliphatic heterocycles. The summed E-state index contributed by atoms with van der Waals surface area (Å²) in [5.41, 5.74) is 2.52. The summed E-state index contributed by atoms with van der Waals surface area (Å²) < 4.78 is 12.7. The minimum absolute atomic E-state index is 0.343. The van der Waals surface area contributed by atoms with Crippen molar-refractivity contribution in [2.75, 3.05) is 7.11 Å². The third-order valence-electron chi connectivity index (χ3n) is 3.72. The van der Waals surface area contributed by atoms with Gasteiger partial charge in [-0.3, -0.25) is 0 Å². The molecule has 1 heterocycles. The second kappa shape index (κ2) is 7.81. The lowest BCUT2D eigenvalue weighted by Crippen LogP contribution is -2.01. The summed E-state index contributed by atoms with van der Waals surface area (Å²) in [6.07, 6.45) is 1.66. The highest BCUT2D eigenvalue weighted by molar-refractivity contribution is 7.71. The first-order valence-electron chi connectivity index (χ1n) is 7.79. The lowest BCUT2D eigenvalue weighted by molar-refractivity contribution is 0.0594. The number of nitrogens with one attached hydrogen (secondary N) is 1. The minimum Gasteiger partial charge on any atom is -0.489 e. The number of hydrogen-bond donors (Lipinski definition) is 1. The Morgan fingerprint density at radius 1 is 1.08 bits per heavy atom. The van der Waals surface area contributed by atoms with E-state index in [0.717, 1.165) is 16.9 Å². The van der Waals surface area contributed by atoms with E-state index in [1.54, 1.807) is 10.8 Å². The molecule has 1 N–H and O–H groups in total. The Balaban J connectivity index is 1.64. The molecule has 0 spiro atoms. The van der Waals surface area contributed by atoms with Crippen LogP contribution < -0.4 is 4.74 Å². The van der Waals surface area contributed by atoms with Crippen molar-refractivity contribution in [2.24, 2.45) is 0 Å². The molecule has 6 heteroatoms. The van der Waals surface area contributed by atoms with E-state index >= 15 is 0 Å². The molecule has 25 heavy (non-hydrogen) atoms. The number of imidazole rings is 1. The van der Waals surface area contributed by atoms with Crippen LogP contribution in [0.1, 0.15) is 21.6 Å². The van der Waals surface area contributed by atoms with Crippen LogP contribution in [-0.2, 0) is 17.9 Å². The molecule has 0 bridgehead atoms. The van der Waals surface area contributed by atoms with Gasteiger partial charge in [-0.2, -0.15) is 0 Å². The molecule has 0 aliphatic carbocycles. The Bertz CT molecular complexity index is 898. The number of benzene rings is 2. The second-order valence-corrected chi connectivity index (χ2v) is 5.90. The number of carbonyl (C=O) groups excluding carboxylic acids is 1. The fourth-order valence-electron chi connectivity index (χ4n) is 2.39. The number of hydrogen-bond acceptors (Lipinski definition) is 4. The van der Waals surface area contributed by atoms with Gasteiger partial charge < -0.3 is 19.0 Å². The molecule has 0 fully saturated rings. The van der Waals surface area contributed by atoms with Gasteiger partial charge in [0, 0.05) is 12.7 Å². The Labute approximate surface area is 150 Å². The van der Waals surface area contributed by atoms with E-state index in [9.17, 15) is 4.79 Å². The zero-order valence-electron chi connectivity index (χ0n) is 13.8. The van der Waals surface area contributed by atoms with Crippen LogP contribution >= 0.6 is 12.2 Å². The molecule has 1 aromatic heterocycles. The predicted octanol–water partition coefficient (Wildman–Crippen LogP) is 3.96. The molecule has 0 saturated carbocycles. The summed E-state index contributed by atoms with van der Waals surface area (Å²) in [6, 6.07) is 17.8. The van der Waals surface area contributed by atoms with Crippen molar-refractivity contribution in [2.45, 2.75) is 13.2 Å². The number of esters is 1. The molecule has 3 rings (SSSR count). The van der Waals surface area contributed by atoms with Gasteiger partial charge in [0.25, 0.3) is 0 Å². The molecule has 0 atom stereocenters. The highest BCUT2D eigenvalue weighted by Crippen LogP contribution is 2.15. The van der Waals surface area contributed by atoms with E-state index in [2.05, 4.69) is 9.72 Å². The van der Waals surface area contributed by atoms with E-state index in [-0.39, 0.29) is 0 Å². The van der Waals surface area contributed by atoms with Gasteiger partial charge in [-0.15, -0.1) is 0 Å². The summed E-state index contributed by atoms with van der Waals surface area (Å²) in [4.78, 5) is 14.4. The number of H-pyrrole nitrogens is 1. The van der Waals surface area contributed by atoms with E-state index in [4.69, 9.17) is 17.0 Å². The zero-order chi connectivity index (χ0) is 17.6. The third-order valence-corrected chi connectivity index (χ3v) is 4.05. The largest absolute Gasteiger partial charge is 0.489 e. The second-order valence-electron chi connectivity index (χ2n) is 5.51. The Morgan fingerprint density at radius 2 is 1.80 bits per heavy atom. The molecule has 0 aliphatic rings. The maximum atomic E-state index is 11.5. The monoisotopic (exact) mass is 354 g/mol. The molecule has 0 saturated heterocycles. The summed E-state index contributed by atoms with van der Waals surface area (Å²) in [5.74, 6) is 0.370. The SMILES string of the molecule is COC(=O)c1cn(Cc2ccc(OCc3ccccc3)cc2)c(=S)[nH]1. The van der Waals surface area contributed by atoms with Gasteiger partial charge in [0.05, 0.1) is 7.11 Å². The topological polar surface area (TPSA) is 56.2 Å². The van der Waals surface area contributed by atoms with Gasteiger partial charge in [0.15, 0.2) is 4.77 Å². The van der Waals surface area contributed by atoms with Crippen molar-refractivity contribution in [3.8, 4) is 5.75 Å². The Morgan fingerprint density at radius 3 is 2.48 bits per heavy atom. The van der Waals surface area contributed by atoms with Crippen LogP contribution in [0.4, 0.5) is 0 Å². The van der Waals surface area contributed by atoms with Gasteiger partial charge in [-0.1, -0.05) is 42.5 Å². The van der Waals surface area contributed by atoms with Gasteiger partial charge in [-0.05, 0) is 35.5 Å². The first-order chi connectivity index (χ1) is 12.2. The summed E-state index contributed by atoms with van der Waals surface area (Å²) in [7, 11) is 1.34. The average molecular weight is 354 g/mol. The van der Waals surface area contributed by atoms with Gasteiger partial charge >= 0.3 is 5.97 Å². The van der Waals surface area contributed by atoms with Crippen LogP contribution in [0.15, 0.2) is 60.8 Å². The Kier molecular flexibility index (Phi) is 5.30. The van der Waals surface area contributed by atoms with Crippen LogP contribution in [0.5, 0.6) is 5.75 Å². The van der Waals surface area contributed by atoms with Crippen LogP contribution in [0, 0.1) is 4.77 Å². The quantitative estimate of drug-likeness (QED) is 0.538. The fraction of sp³-hybridized carbons (Fsp3) is 0.158. The van der Waals surface area contributed by atoms with Gasteiger partial charge in [0.1, 0.15) is 18.1 Å². The fourth-order valence-corrected chi connectivity index (χ4v) is 2.62. The maximum absolute atomic E-state index is 11.5. The summed E-state index contributed by atoms with van der Waals surface area (Å²) in [6.45, 7) is 1.09. The highest BCUT2D eigenvalue weighted by atomic mass is 32.1. The van der Waals surface area contributed by atoms with E-state index in [1.165, 1.54) is 7.11 Å². The molecule has 0 radical (unpaired) electrons. The number of carbonyl (C=O) groups is 1. The van der Waals surface area contributed by atoms with Crippen LogP contribution in [0.25, 0.3) is 0 Å². The van der Waals surface area contributed by atoms with Crippen molar-refractivity contribution in [3.05, 3.63) is 82.4 Å². The first kappa shape index (κ1) is 17.0. The molecule has 128 valence electrons. The summed E-state index contributed by atoms with van der Waals surface area (Å²) >= 11 is 5.24. The van der Waals surface area contributed by atoms with Gasteiger partial charge in [0.2, 0.25) is 0 Å². The third kappa shape index (κ3) is 4.36. The van der Waals surface area contributed by atoms with Crippen LogP contribution in [-0.4, -0.2) is 22.6 Å². The van der Waals surface area contributed by atoms with Crippen LogP contribution in [0.2, 0.25) is 0 Å². The van der Waals surface area contributed by atoms with E-state index in [1.807, 2.05) is 54.6 Å². The smallest absolute Gasteiger partial charge is 0.356 e. The lowest BCUT2D eigenvalue weighted by atomic mass is 10.2. The number of nitrogens with zero attached hydrogens (tertiary/aromatic N) is 1. The average Bonchev–Trinajstić information content (AvgIpc) is 3.02. The first-order valence-corrected chi connectivity index (χ1v) is 8.20. The molecule has 0 amide bonds. The number of aromatic amines is 1. The van der Waals surface area contributed by atoms with Crippen molar-refractivity contribution in [3.63, 3.8) is 0 Å². The van der Waals surface area contributed by atoms with Crippen LogP contribution in [0.3, 0.4) is 0 Å². The summed E-state index contributed by atoms with van der Waals surface area (Å²) in [5, 5.41) is 0. The van der Waals surface area contributed by atoms with Gasteiger partial charge in [-0.25, -0.2) is 4.79 Å². The predicted molar refractivity (Wildman–Crippen MR) is 97.3 cm³/mol. The number of methoxy groups -OCH3 is 1. The number of rotatable bonds is 6. The molecule has 5 nitrogen and oxygen atoms in total. The molecular weight excluding hydrogens is 336 g/mol. The minimum atomic E-state index is -0.436. The molecule has 2 aromatic carbocycles. The van der Waals surface area contributed by atoms with Crippen molar-refractivity contribution < 1.29 is 14.3 Å². The standard InChI is InChI=1S/C19H18N2O3S/c1-23-18(22)17-12-21(19(25)20-17)11-14-7-9-16(10-8-14)24-13-15-5-3-2-4-6-15/h2-10,12H,11,13H2,1H3,(H,20,25).